The molecule has 0 aliphatic carbocycles. The van der Waals surface area contributed by atoms with Crippen molar-refractivity contribution in [3.8, 4) is 0 Å². The van der Waals surface area contributed by atoms with Crippen molar-refractivity contribution < 1.29 is 0 Å². The third-order valence-electron chi connectivity index (χ3n) is 8.08. The van der Waals surface area contributed by atoms with Crippen molar-refractivity contribution >= 4 is 22.7 Å². The topological polar surface area (TPSA) is 73.9 Å². The molecule has 0 spiro atoms. The maximum atomic E-state index is 4.93. The molecule has 6 atom stereocenters. The van der Waals surface area contributed by atoms with E-state index in [4.69, 9.17) is 9.97 Å². The zero-order valence-corrected chi connectivity index (χ0v) is 25.7. The molecule has 0 aliphatic heterocycles. The van der Waals surface area contributed by atoms with Crippen molar-refractivity contribution in [2.75, 3.05) is 23.7 Å². The van der Waals surface area contributed by atoms with Crippen LogP contribution in [0.15, 0.2) is 24.3 Å². The summed E-state index contributed by atoms with van der Waals surface area (Å²) in [4.78, 5) is 9.76. The Bertz CT molecular complexity index is 903. The number of hydrogen-bond donors (Lipinski definition) is 4. The Kier molecular flexibility index (Phi) is 15.0. The van der Waals surface area contributed by atoms with Crippen LogP contribution in [0.1, 0.15) is 107 Å². The van der Waals surface area contributed by atoms with Crippen molar-refractivity contribution in [2.45, 2.75) is 131 Å². The first-order valence-electron chi connectivity index (χ1n) is 15.5. The van der Waals surface area contributed by atoms with Gasteiger partial charge in [-0.2, -0.15) is 4.98 Å². The van der Waals surface area contributed by atoms with E-state index in [0.717, 1.165) is 67.3 Å². The fourth-order valence-electron chi connectivity index (χ4n) is 4.61. The van der Waals surface area contributed by atoms with Crippen LogP contribution in [0.5, 0.6) is 0 Å². The highest BCUT2D eigenvalue weighted by Crippen LogP contribution is 2.24. The molecule has 2 rings (SSSR count). The van der Waals surface area contributed by atoms with Gasteiger partial charge in [0.15, 0.2) is 0 Å². The number of nitrogens with zero attached hydrogens (tertiary/aromatic N) is 2. The maximum absolute atomic E-state index is 4.93. The van der Waals surface area contributed by atoms with Gasteiger partial charge in [-0.15, -0.1) is 0 Å². The largest absolute Gasteiger partial charge is 0.367 e. The summed E-state index contributed by atoms with van der Waals surface area (Å²) in [5, 5.41) is 15.7. The highest BCUT2D eigenvalue weighted by atomic mass is 15.2. The van der Waals surface area contributed by atoms with Crippen LogP contribution in [0.4, 0.5) is 11.8 Å². The van der Waals surface area contributed by atoms with Crippen molar-refractivity contribution in [3.05, 3.63) is 24.3 Å². The molecule has 216 valence electrons. The van der Waals surface area contributed by atoms with E-state index in [1.54, 1.807) is 0 Å². The van der Waals surface area contributed by atoms with Crippen LogP contribution in [0, 0.1) is 11.8 Å². The predicted octanol–water partition coefficient (Wildman–Crippen LogP) is 7.62. The van der Waals surface area contributed by atoms with E-state index in [2.05, 4.69) is 101 Å². The summed E-state index contributed by atoms with van der Waals surface area (Å²) in [6.45, 7) is 20.5. The van der Waals surface area contributed by atoms with Crippen molar-refractivity contribution in [1.82, 2.24) is 20.6 Å². The van der Waals surface area contributed by atoms with E-state index in [1.807, 2.05) is 0 Å². The number of benzene rings is 1. The smallest absolute Gasteiger partial charge is 0.225 e. The lowest BCUT2D eigenvalue weighted by Gasteiger charge is -2.21. The van der Waals surface area contributed by atoms with E-state index in [0.29, 0.717) is 30.1 Å². The summed E-state index contributed by atoms with van der Waals surface area (Å²) in [5.74, 6) is 3.23. The molecule has 1 aromatic carbocycles. The van der Waals surface area contributed by atoms with Crippen LogP contribution in [0.25, 0.3) is 10.9 Å². The second-order valence-electron chi connectivity index (χ2n) is 12.0. The zero-order chi connectivity index (χ0) is 27.9. The van der Waals surface area contributed by atoms with Gasteiger partial charge in [0.2, 0.25) is 5.95 Å². The van der Waals surface area contributed by atoms with Gasteiger partial charge < -0.3 is 21.3 Å². The van der Waals surface area contributed by atoms with Crippen LogP contribution >= 0.6 is 0 Å². The Labute approximate surface area is 234 Å². The lowest BCUT2D eigenvalue weighted by molar-refractivity contribution is 0.434. The average Bonchev–Trinajstić information content (AvgIpc) is 2.90. The number of aromatic nitrogens is 2. The lowest BCUT2D eigenvalue weighted by Crippen LogP contribution is -2.30. The predicted molar refractivity (Wildman–Crippen MR) is 167 cm³/mol. The van der Waals surface area contributed by atoms with Crippen LogP contribution in [-0.4, -0.2) is 47.2 Å². The first-order chi connectivity index (χ1) is 18.2. The third-order valence-corrected chi connectivity index (χ3v) is 8.08. The molecule has 0 fully saturated rings. The second kappa shape index (κ2) is 17.6. The molecule has 0 bridgehead atoms. The minimum atomic E-state index is 0.308. The van der Waals surface area contributed by atoms with Gasteiger partial charge in [-0.3, -0.25) is 0 Å². The second-order valence-corrected chi connectivity index (χ2v) is 12.0. The highest BCUT2D eigenvalue weighted by Gasteiger charge is 2.14. The molecule has 0 saturated carbocycles. The van der Waals surface area contributed by atoms with Crippen LogP contribution in [0.3, 0.4) is 0 Å². The van der Waals surface area contributed by atoms with Gasteiger partial charge in [0.05, 0.1) is 5.52 Å². The Morgan fingerprint density at radius 3 is 1.66 bits per heavy atom. The maximum Gasteiger partial charge on any atom is 0.225 e. The van der Waals surface area contributed by atoms with Gasteiger partial charge in [0.25, 0.3) is 0 Å². The first kappa shape index (κ1) is 32.3. The van der Waals surface area contributed by atoms with E-state index in [-0.39, 0.29) is 0 Å². The summed E-state index contributed by atoms with van der Waals surface area (Å²) in [7, 11) is 0. The zero-order valence-electron chi connectivity index (χ0n) is 25.7. The number of anilines is 2. The Morgan fingerprint density at radius 1 is 0.605 bits per heavy atom. The van der Waals surface area contributed by atoms with E-state index < -0.39 is 0 Å². The molecular formula is C32H58N6. The molecule has 6 nitrogen and oxygen atoms in total. The van der Waals surface area contributed by atoms with E-state index in [1.165, 1.54) is 25.7 Å². The van der Waals surface area contributed by atoms with Crippen molar-refractivity contribution in [2.24, 2.45) is 11.8 Å². The standard InChI is InChI=1S/C32H58N6/c1-9-23(3)19-21-33-25(5)15-17-27(7)35-31-29-13-11-12-14-30(29)37-32(38-31)36-28(8)18-16-26(6)34-22-20-24(4)10-2/h11-14,23-28,33-34H,9-10,15-22H2,1-8H3,(H2,35,36,37,38). The molecule has 1 aromatic heterocycles. The summed E-state index contributed by atoms with van der Waals surface area (Å²) in [6, 6.07) is 9.99. The quantitative estimate of drug-likeness (QED) is 0.142. The van der Waals surface area contributed by atoms with Gasteiger partial charge in [0.1, 0.15) is 5.82 Å². The summed E-state index contributed by atoms with van der Waals surface area (Å²) in [5.41, 5.74) is 0.979. The number of para-hydroxylation sites is 1. The molecule has 0 radical (unpaired) electrons. The molecule has 1 heterocycles. The van der Waals surface area contributed by atoms with E-state index in [9.17, 15) is 0 Å². The Morgan fingerprint density at radius 2 is 1.11 bits per heavy atom. The molecule has 2 aromatic rings. The molecule has 6 unspecified atom stereocenters. The minimum absolute atomic E-state index is 0.308. The molecular weight excluding hydrogens is 468 g/mol. The van der Waals surface area contributed by atoms with Crippen LogP contribution in [0.2, 0.25) is 0 Å². The summed E-state index contributed by atoms with van der Waals surface area (Å²) >= 11 is 0. The Balaban J connectivity index is 1.89. The molecule has 4 N–H and O–H groups in total. The number of nitrogens with one attached hydrogen (secondary N) is 4. The van der Waals surface area contributed by atoms with Crippen LogP contribution in [-0.2, 0) is 0 Å². The van der Waals surface area contributed by atoms with Gasteiger partial charge in [-0.25, -0.2) is 4.98 Å². The highest BCUT2D eigenvalue weighted by molar-refractivity contribution is 5.90. The first-order valence-corrected chi connectivity index (χ1v) is 15.5. The van der Waals surface area contributed by atoms with Crippen LogP contribution < -0.4 is 21.3 Å². The van der Waals surface area contributed by atoms with Crippen molar-refractivity contribution in [1.29, 1.82) is 0 Å². The summed E-state index contributed by atoms with van der Waals surface area (Å²) < 4.78 is 0. The SMILES string of the molecule is CCC(C)CCNC(C)CCC(C)Nc1nc(NC(C)CCC(C)NCCC(C)CC)c2ccccc2n1. The minimum Gasteiger partial charge on any atom is -0.367 e. The normalized spacial score (nSPS) is 16.5. The Hall–Kier alpha value is -1.92. The number of fused-ring (bicyclic) bond motifs is 1. The van der Waals surface area contributed by atoms with Gasteiger partial charge >= 0.3 is 0 Å². The van der Waals surface area contributed by atoms with Crippen molar-refractivity contribution in [3.63, 3.8) is 0 Å². The fraction of sp³-hybridized carbons (Fsp3) is 0.750. The third kappa shape index (κ3) is 12.3. The van der Waals surface area contributed by atoms with E-state index >= 15 is 0 Å². The number of hydrogen-bond acceptors (Lipinski definition) is 6. The molecule has 6 heteroatoms. The fourth-order valence-corrected chi connectivity index (χ4v) is 4.61. The monoisotopic (exact) mass is 526 g/mol. The summed E-state index contributed by atoms with van der Waals surface area (Å²) in [6.07, 6.45) is 9.47. The molecule has 38 heavy (non-hydrogen) atoms. The lowest BCUT2D eigenvalue weighted by atomic mass is 10.0. The van der Waals surface area contributed by atoms with Gasteiger partial charge in [-0.1, -0.05) is 52.7 Å². The molecule has 0 amide bonds. The van der Waals surface area contributed by atoms with Gasteiger partial charge in [0, 0.05) is 29.6 Å². The molecule has 0 saturated heterocycles. The average molecular weight is 527 g/mol. The molecule has 0 aliphatic rings. The van der Waals surface area contributed by atoms with Gasteiger partial charge in [-0.05, 0) is 103 Å². The number of rotatable bonds is 20.